The summed E-state index contributed by atoms with van der Waals surface area (Å²) in [5, 5.41) is 2.53. The molecule has 0 aliphatic carbocycles. The number of hydrogen-bond acceptors (Lipinski definition) is 4. The summed E-state index contributed by atoms with van der Waals surface area (Å²) in [5.41, 5.74) is 0.0651. The number of hydrogen-bond donors (Lipinski definition) is 1. The van der Waals surface area contributed by atoms with Crippen LogP contribution in [0.1, 0.15) is 12.8 Å². The van der Waals surface area contributed by atoms with Crippen molar-refractivity contribution in [3.05, 3.63) is 54.3 Å². The lowest BCUT2D eigenvalue weighted by Gasteiger charge is -2.31. The van der Waals surface area contributed by atoms with Crippen molar-refractivity contribution in [1.82, 2.24) is 4.31 Å². The monoisotopic (exact) mass is 460 g/mol. The second-order valence-electron chi connectivity index (χ2n) is 7.05. The topological polar surface area (TPSA) is 75.7 Å². The molecule has 168 valence electrons. The van der Waals surface area contributed by atoms with Crippen molar-refractivity contribution < 1.29 is 35.5 Å². The number of ether oxygens (including phenoxy) is 1. The average Bonchev–Trinajstić information content (AvgIpc) is 2.73. The number of para-hydroxylation sites is 2. The zero-order chi connectivity index (χ0) is 22.6. The molecule has 11 heteroatoms. The van der Waals surface area contributed by atoms with Crippen LogP contribution in [0.4, 0.5) is 23.2 Å². The molecule has 1 saturated heterocycles. The van der Waals surface area contributed by atoms with E-state index >= 15 is 0 Å². The van der Waals surface area contributed by atoms with E-state index in [1.165, 1.54) is 24.3 Å². The molecule has 1 fully saturated rings. The minimum absolute atomic E-state index is 0.0651. The number of nitrogens with one attached hydrogen (secondary N) is 1. The number of sulfonamides is 1. The Morgan fingerprint density at radius 2 is 1.81 bits per heavy atom. The van der Waals surface area contributed by atoms with Gasteiger partial charge >= 0.3 is 6.18 Å². The molecule has 1 amide bonds. The van der Waals surface area contributed by atoms with E-state index in [0.29, 0.717) is 12.8 Å². The zero-order valence-corrected chi connectivity index (χ0v) is 17.0. The average molecular weight is 460 g/mol. The van der Waals surface area contributed by atoms with Crippen molar-refractivity contribution in [2.24, 2.45) is 5.92 Å². The molecular formula is C20H20F4N2O4S. The van der Waals surface area contributed by atoms with Gasteiger partial charge in [0.25, 0.3) is 0 Å². The van der Waals surface area contributed by atoms with Gasteiger partial charge < -0.3 is 10.1 Å². The van der Waals surface area contributed by atoms with Gasteiger partial charge in [0.1, 0.15) is 11.6 Å². The second kappa shape index (κ2) is 9.23. The first-order valence-electron chi connectivity index (χ1n) is 9.41. The molecule has 1 atom stereocenters. The number of piperidine rings is 1. The van der Waals surface area contributed by atoms with Gasteiger partial charge in [-0.1, -0.05) is 12.1 Å². The van der Waals surface area contributed by atoms with Crippen molar-refractivity contribution >= 4 is 21.6 Å². The summed E-state index contributed by atoms with van der Waals surface area (Å²) in [6, 6.07) is 10.1. The Hall–Kier alpha value is -2.66. The van der Waals surface area contributed by atoms with E-state index < -0.39 is 40.4 Å². The normalized spacial score (nSPS) is 17.9. The van der Waals surface area contributed by atoms with Crippen molar-refractivity contribution in [3.8, 4) is 5.75 Å². The SMILES string of the molecule is O=C(Nc1ccccc1OCC(F)(F)F)C1CCCN(S(=O)(=O)c2ccc(F)cc2)C1. The van der Waals surface area contributed by atoms with Crippen LogP contribution in [0.2, 0.25) is 0 Å². The van der Waals surface area contributed by atoms with E-state index in [9.17, 15) is 30.8 Å². The number of halogens is 4. The third kappa shape index (κ3) is 5.95. The van der Waals surface area contributed by atoms with Crippen molar-refractivity contribution in [2.45, 2.75) is 23.9 Å². The molecule has 3 rings (SSSR count). The Balaban J connectivity index is 1.70. The summed E-state index contributed by atoms with van der Waals surface area (Å²) < 4.78 is 82.0. The largest absolute Gasteiger partial charge is 0.482 e. The quantitative estimate of drug-likeness (QED) is 0.666. The highest BCUT2D eigenvalue weighted by Gasteiger charge is 2.34. The van der Waals surface area contributed by atoms with Crippen LogP contribution < -0.4 is 10.1 Å². The lowest BCUT2D eigenvalue weighted by Crippen LogP contribution is -2.43. The van der Waals surface area contributed by atoms with Gasteiger partial charge in [-0.15, -0.1) is 0 Å². The molecule has 0 bridgehead atoms. The number of anilines is 1. The van der Waals surface area contributed by atoms with Gasteiger partial charge in [-0.05, 0) is 49.2 Å². The van der Waals surface area contributed by atoms with Crippen LogP contribution in [0.25, 0.3) is 0 Å². The minimum Gasteiger partial charge on any atom is -0.482 e. The number of nitrogens with zero attached hydrogens (tertiary/aromatic N) is 1. The van der Waals surface area contributed by atoms with E-state index in [0.717, 1.165) is 28.6 Å². The summed E-state index contributed by atoms with van der Waals surface area (Å²) in [5.74, 6) is -1.94. The summed E-state index contributed by atoms with van der Waals surface area (Å²) in [4.78, 5) is 12.6. The van der Waals surface area contributed by atoms with Gasteiger partial charge in [0.15, 0.2) is 6.61 Å². The molecule has 0 spiro atoms. The Morgan fingerprint density at radius 1 is 1.13 bits per heavy atom. The highest BCUT2D eigenvalue weighted by molar-refractivity contribution is 7.89. The van der Waals surface area contributed by atoms with Crippen LogP contribution in [0.15, 0.2) is 53.4 Å². The van der Waals surface area contributed by atoms with E-state index in [2.05, 4.69) is 5.32 Å². The summed E-state index contributed by atoms with van der Waals surface area (Å²) in [7, 11) is -3.91. The van der Waals surface area contributed by atoms with Gasteiger partial charge in [0, 0.05) is 13.1 Å². The van der Waals surface area contributed by atoms with Gasteiger partial charge in [0.2, 0.25) is 15.9 Å². The molecule has 1 N–H and O–H groups in total. The molecule has 0 radical (unpaired) electrons. The smallest absolute Gasteiger partial charge is 0.422 e. The Kier molecular flexibility index (Phi) is 6.85. The van der Waals surface area contributed by atoms with Crippen LogP contribution in [0.3, 0.4) is 0 Å². The van der Waals surface area contributed by atoms with E-state index in [1.54, 1.807) is 0 Å². The predicted octanol–water partition coefficient (Wildman–Crippen LogP) is 3.81. The molecule has 1 aliphatic rings. The number of alkyl halides is 3. The van der Waals surface area contributed by atoms with Crippen molar-refractivity contribution in [2.75, 3.05) is 25.0 Å². The van der Waals surface area contributed by atoms with Crippen LogP contribution in [-0.2, 0) is 14.8 Å². The number of carbonyl (C=O) groups is 1. The first-order valence-corrected chi connectivity index (χ1v) is 10.9. The van der Waals surface area contributed by atoms with Crippen molar-refractivity contribution in [3.63, 3.8) is 0 Å². The predicted molar refractivity (Wildman–Crippen MR) is 105 cm³/mol. The van der Waals surface area contributed by atoms with Gasteiger partial charge in [-0.2, -0.15) is 17.5 Å². The molecule has 0 aromatic heterocycles. The third-order valence-electron chi connectivity index (χ3n) is 4.74. The van der Waals surface area contributed by atoms with Crippen LogP contribution in [-0.4, -0.2) is 44.5 Å². The highest BCUT2D eigenvalue weighted by Crippen LogP contribution is 2.29. The maximum absolute atomic E-state index is 13.1. The fourth-order valence-corrected chi connectivity index (χ4v) is 4.74. The first kappa shape index (κ1) is 23.0. The fraction of sp³-hybridized carbons (Fsp3) is 0.350. The number of rotatable bonds is 6. The molecule has 1 unspecified atom stereocenters. The van der Waals surface area contributed by atoms with Crippen molar-refractivity contribution in [1.29, 1.82) is 0 Å². The lowest BCUT2D eigenvalue weighted by atomic mass is 9.98. The number of carbonyl (C=O) groups excluding carboxylic acids is 1. The molecule has 2 aromatic rings. The minimum atomic E-state index is -4.53. The second-order valence-corrected chi connectivity index (χ2v) is 8.98. The van der Waals surface area contributed by atoms with Gasteiger partial charge in [-0.25, -0.2) is 12.8 Å². The molecule has 1 heterocycles. The number of amides is 1. The van der Waals surface area contributed by atoms with Gasteiger partial charge in [-0.3, -0.25) is 4.79 Å². The molecule has 2 aromatic carbocycles. The maximum atomic E-state index is 13.1. The maximum Gasteiger partial charge on any atom is 0.422 e. The summed E-state index contributed by atoms with van der Waals surface area (Å²) in [6.45, 7) is -1.40. The Labute approximate surface area is 176 Å². The third-order valence-corrected chi connectivity index (χ3v) is 6.62. The summed E-state index contributed by atoms with van der Waals surface area (Å²) >= 11 is 0. The lowest BCUT2D eigenvalue weighted by molar-refractivity contribution is -0.153. The summed E-state index contributed by atoms with van der Waals surface area (Å²) in [6.07, 6.45) is -3.70. The van der Waals surface area contributed by atoms with E-state index in [4.69, 9.17) is 4.74 Å². The standard InChI is InChI=1S/C20H20F4N2O4S/c21-15-7-9-16(10-8-15)31(28,29)26-11-3-4-14(12-26)19(27)25-17-5-1-2-6-18(17)30-13-20(22,23)24/h1-2,5-10,14H,3-4,11-13H2,(H,25,27). The Morgan fingerprint density at radius 3 is 2.48 bits per heavy atom. The number of benzene rings is 2. The van der Waals surface area contributed by atoms with Crippen LogP contribution in [0.5, 0.6) is 5.75 Å². The molecule has 6 nitrogen and oxygen atoms in total. The van der Waals surface area contributed by atoms with E-state index in [-0.39, 0.29) is 29.4 Å². The van der Waals surface area contributed by atoms with Crippen LogP contribution >= 0.6 is 0 Å². The fourth-order valence-electron chi connectivity index (χ4n) is 3.22. The molecule has 31 heavy (non-hydrogen) atoms. The zero-order valence-electron chi connectivity index (χ0n) is 16.2. The molecule has 1 aliphatic heterocycles. The molecule has 0 saturated carbocycles. The van der Waals surface area contributed by atoms with Crippen LogP contribution in [0, 0.1) is 11.7 Å². The molecular weight excluding hydrogens is 440 g/mol. The van der Waals surface area contributed by atoms with E-state index in [1.807, 2.05) is 0 Å². The Bertz CT molecular complexity index is 1030. The highest BCUT2D eigenvalue weighted by atomic mass is 32.2. The van der Waals surface area contributed by atoms with Gasteiger partial charge in [0.05, 0.1) is 16.5 Å². The first-order chi connectivity index (χ1) is 14.6.